The maximum Gasteiger partial charge on any atom is 0.242 e. The zero-order valence-corrected chi connectivity index (χ0v) is 19.0. The van der Waals surface area contributed by atoms with Crippen molar-refractivity contribution in [2.45, 2.75) is 45.2 Å². The van der Waals surface area contributed by atoms with Crippen molar-refractivity contribution in [2.24, 2.45) is 5.92 Å². The summed E-state index contributed by atoms with van der Waals surface area (Å²) in [5.41, 5.74) is 2.08. The van der Waals surface area contributed by atoms with Crippen LogP contribution >= 0.6 is 23.4 Å². The summed E-state index contributed by atoms with van der Waals surface area (Å²) in [6, 6.07) is 14.9. The summed E-state index contributed by atoms with van der Waals surface area (Å²) in [6.07, 6.45) is 0. The number of thioether (sulfide) groups is 1. The Balaban J connectivity index is 2.12. The second-order valence-corrected chi connectivity index (χ2v) is 9.05. The van der Waals surface area contributed by atoms with E-state index in [1.54, 1.807) is 17.9 Å². The third-order valence-corrected chi connectivity index (χ3v) is 5.71. The summed E-state index contributed by atoms with van der Waals surface area (Å²) in [6.45, 7) is 8.80. The van der Waals surface area contributed by atoms with Crippen molar-refractivity contribution in [3.8, 4) is 0 Å². The van der Waals surface area contributed by atoms with E-state index in [-0.39, 0.29) is 17.6 Å². The molecule has 0 spiro atoms. The molecule has 0 saturated carbocycles. The Kier molecular flexibility index (Phi) is 9.05. The standard InChI is InChI=1S/C23H29ClN2O2S/c1-16(2)13-25-23(28)18(4)26(14-19-6-5-7-20(24)12-19)22(27)15-29-21-10-8-17(3)9-11-21/h5-12,16,18H,13-15H2,1-4H3,(H,25,28)/t18-/m0/s1. The highest BCUT2D eigenvalue weighted by Gasteiger charge is 2.26. The molecule has 0 fully saturated rings. The van der Waals surface area contributed by atoms with Crippen LogP contribution in [-0.4, -0.2) is 35.1 Å². The molecule has 2 rings (SSSR count). The summed E-state index contributed by atoms with van der Waals surface area (Å²) in [5.74, 6) is 0.392. The quantitative estimate of drug-likeness (QED) is 0.571. The fourth-order valence-corrected chi connectivity index (χ4v) is 3.73. The van der Waals surface area contributed by atoms with Gasteiger partial charge in [0.05, 0.1) is 5.75 Å². The summed E-state index contributed by atoms with van der Waals surface area (Å²) >= 11 is 7.58. The van der Waals surface area contributed by atoms with Crippen LogP contribution < -0.4 is 5.32 Å². The number of amides is 2. The van der Waals surface area contributed by atoms with Crippen molar-refractivity contribution in [1.82, 2.24) is 10.2 Å². The highest BCUT2D eigenvalue weighted by Crippen LogP contribution is 2.21. The molecule has 0 saturated heterocycles. The Bertz CT molecular complexity index is 824. The van der Waals surface area contributed by atoms with E-state index in [9.17, 15) is 9.59 Å². The first-order valence-corrected chi connectivity index (χ1v) is 11.1. The first-order valence-electron chi connectivity index (χ1n) is 9.77. The predicted octanol–water partition coefficient (Wildman–Crippen LogP) is 4.93. The van der Waals surface area contributed by atoms with Gasteiger partial charge in [0.15, 0.2) is 0 Å². The van der Waals surface area contributed by atoms with Crippen molar-refractivity contribution < 1.29 is 9.59 Å². The lowest BCUT2D eigenvalue weighted by Gasteiger charge is -2.29. The SMILES string of the molecule is Cc1ccc(SCC(=O)N(Cc2cccc(Cl)c2)[C@@H](C)C(=O)NCC(C)C)cc1. The number of rotatable bonds is 9. The molecule has 0 unspecified atom stereocenters. The van der Waals surface area contributed by atoms with Gasteiger partial charge < -0.3 is 10.2 Å². The lowest BCUT2D eigenvalue weighted by atomic mass is 10.1. The molecule has 0 bridgehead atoms. The smallest absolute Gasteiger partial charge is 0.242 e. The fraction of sp³-hybridized carbons (Fsp3) is 0.391. The molecule has 0 aliphatic rings. The number of nitrogens with zero attached hydrogens (tertiary/aromatic N) is 1. The van der Waals surface area contributed by atoms with E-state index < -0.39 is 6.04 Å². The maximum atomic E-state index is 13.0. The molecule has 2 amide bonds. The van der Waals surface area contributed by atoms with Crippen molar-refractivity contribution in [2.75, 3.05) is 12.3 Å². The lowest BCUT2D eigenvalue weighted by molar-refractivity contribution is -0.138. The number of carbonyl (C=O) groups excluding carboxylic acids is 2. The van der Waals surface area contributed by atoms with Crippen LogP contribution in [0.1, 0.15) is 31.9 Å². The van der Waals surface area contributed by atoms with Crippen molar-refractivity contribution in [3.63, 3.8) is 0 Å². The van der Waals surface area contributed by atoms with Gasteiger partial charge in [-0.1, -0.05) is 55.3 Å². The van der Waals surface area contributed by atoms with E-state index in [1.807, 2.05) is 63.2 Å². The molecular formula is C23H29ClN2O2S. The normalized spacial score (nSPS) is 11.9. The molecular weight excluding hydrogens is 404 g/mol. The highest BCUT2D eigenvalue weighted by molar-refractivity contribution is 8.00. The van der Waals surface area contributed by atoms with E-state index >= 15 is 0 Å². The second kappa shape index (κ2) is 11.3. The van der Waals surface area contributed by atoms with Crippen LogP contribution in [0.15, 0.2) is 53.4 Å². The molecule has 0 aliphatic carbocycles. The van der Waals surface area contributed by atoms with Crippen LogP contribution in [0.2, 0.25) is 5.02 Å². The number of nitrogens with one attached hydrogen (secondary N) is 1. The third kappa shape index (κ3) is 7.75. The molecule has 6 heteroatoms. The van der Waals surface area contributed by atoms with Gasteiger partial charge in [0, 0.05) is 23.0 Å². The number of hydrogen-bond acceptors (Lipinski definition) is 3. The van der Waals surface area contributed by atoms with E-state index in [1.165, 1.54) is 17.3 Å². The fourth-order valence-electron chi connectivity index (χ4n) is 2.73. The van der Waals surface area contributed by atoms with Gasteiger partial charge in [-0.25, -0.2) is 0 Å². The van der Waals surface area contributed by atoms with Gasteiger partial charge in [0.2, 0.25) is 11.8 Å². The second-order valence-electron chi connectivity index (χ2n) is 7.57. The maximum absolute atomic E-state index is 13.0. The topological polar surface area (TPSA) is 49.4 Å². The minimum Gasteiger partial charge on any atom is -0.354 e. The number of halogens is 1. The average Bonchev–Trinajstić information content (AvgIpc) is 2.69. The predicted molar refractivity (Wildman–Crippen MR) is 121 cm³/mol. The van der Waals surface area contributed by atoms with E-state index in [4.69, 9.17) is 11.6 Å². The first-order chi connectivity index (χ1) is 13.8. The number of aryl methyl sites for hydroxylation is 1. The minimum atomic E-state index is -0.571. The summed E-state index contributed by atoms with van der Waals surface area (Å²) < 4.78 is 0. The number of benzene rings is 2. The average molecular weight is 433 g/mol. The van der Waals surface area contributed by atoms with Gasteiger partial charge in [-0.2, -0.15) is 0 Å². The molecule has 2 aromatic carbocycles. The Morgan fingerprint density at radius 1 is 1.10 bits per heavy atom. The highest BCUT2D eigenvalue weighted by atomic mass is 35.5. The minimum absolute atomic E-state index is 0.0808. The summed E-state index contributed by atoms with van der Waals surface area (Å²) in [7, 11) is 0. The Labute approximate surface area is 183 Å². The van der Waals surface area contributed by atoms with Gasteiger partial charge in [0.1, 0.15) is 6.04 Å². The van der Waals surface area contributed by atoms with Crippen LogP contribution in [0.4, 0.5) is 0 Å². The number of carbonyl (C=O) groups is 2. The van der Waals surface area contributed by atoms with Crippen molar-refractivity contribution in [3.05, 3.63) is 64.7 Å². The summed E-state index contributed by atoms with van der Waals surface area (Å²) in [4.78, 5) is 28.3. The van der Waals surface area contributed by atoms with Gasteiger partial charge in [-0.3, -0.25) is 9.59 Å². The first kappa shape index (κ1) is 23.3. The van der Waals surface area contributed by atoms with Crippen molar-refractivity contribution in [1.29, 1.82) is 0 Å². The number of hydrogen-bond donors (Lipinski definition) is 1. The molecule has 156 valence electrons. The molecule has 0 aromatic heterocycles. The van der Waals surface area contributed by atoms with E-state index in [0.29, 0.717) is 24.0 Å². The zero-order chi connectivity index (χ0) is 21.4. The van der Waals surface area contributed by atoms with Gasteiger partial charge in [0.25, 0.3) is 0 Å². The van der Waals surface area contributed by atoms with Crippen LogP contribution in [0.5, 0.6) is 0 Å². The van der Waals surface area contributed by atoms with Gasteiger partial charge in [-0.15, -0.1) is 11.8 Å². The Morgan fingerprint density at radius 3 is 2.41 bits per heavy atom. The summed E-state index contributed by atoms with van der Waals surface area (Å²) in [5, 5.41) is 3.54. The van der Waals surface area contributed by atoms with E-state index in [2.05, 4.69) is 5.32 Å². The molecule has 29 heavy (non-hydrogen) atoms. The lowest BCUT2D eigenvalue weighted by Crippen LogP contribution is -2.48. The molecule has 0 heterocycles. The molecule has 0 aliphatic heterocycles. The Morgan fingerprint density at radius 2 is 1.79 bits per heavy atom. The molecule has 1 N–H and O–H groups in total. The monoisotopic (exact) mass is 432 g/mol. The van der Waals surface area contributed by atoms with Crippen LogP contribution in [0.3, 0.4) is 0 Å². The zero-order valence-electron chi connectivity index (χ0n) is 17.4. The third-order valence-electron chi connectivity index (χ3n) is 4.48. The van der Waals surface area contributed by atoms with Crippen LogP contribution in [0, 0.1) is 12.8 Å². The molecule has 1 atom stereocenters. The van der Waals surface area contributed by atoms with Crippen LogP contribution in [0.25, 0.3) is 0 Å². The largest absolute Gasteiger partial charge is 0.354 e. The molecule has 4 nitrogen and oxygen atoms in total. The molecule has 2 aromatic rings. The van der Waals surface area contributed by atoms with Gasteiger partial charge in [-0.05, 0) is 49.6 Å². The Hall–Kier alpha value is -1.98. The van der Waals surface area contributed by atoms with E-state index in [0.717, 1.165) is 10.5 Å². The van der Waals surface area contributed by atoms with Crippen molar-refractivity contribution >= 4 is 35.2 Å². The van der Waals surface area contributed by atoms with Crippen LogP contribution in [-0.2, 0) is 16.1 Å². The van der Waals surface area contributed by atoms with Gasteiger partial charge >= 0.3 is 0 Å². The molecule has 0 radical (unpaired) electrons.